The third-order valence-corrected chi connectivity index (χ3v) is 6.58. The predicted octanol–water partition coefficient (Wildman–Crippen LogP) is 5.98. The lowest BCUT2D eigenvalue weighted by molar-refractivity contribution is 0.0706. The van der Waals surface area contributed by atoms with Crippen molar-refractivity contribution in [3.63, 3.8) is 0 Å². The first-order valence-corrected chi connectivity index (χ1v) is 11.6. The van der Waals surface area contributed by atoms with Gasteiger partial charge in [0, 0.05) is 40.9 Å². The Morgan fingerprint density at radius 1 is 0.939 bits per heavy atom. The summed E-state index contributed by atoms with van der Waals surface area (Å²) in [5, 5.41) is 0.694. The monoisotopic (exact) mass is 456 g/mol. The third kappa shape index (κ3) is 4.46. The Morgan fingerprint density at radius 2 is 1.73 bits per heavy atom. The molecule has 6 heteroatoms. The van der Waals surface area contributed by atoms with E-state index in [1.807, 2.05) is 73.3 Å². The highest BCUT2D eigenvalue weighted by Crippen LogP contribution is 2.29. The molecular weight excluding hydrogens is 432 g/mol. The maximum atomic E-state index is 13.3. The van der Waals surface area contributed by atoms with Crippen LogP contribution in [0.15, 0.2) is 60.7 Å². The van der Waals surface area contributed by atoms with Crippen molar-refractivity contribution in [1.82, 2.24) is 19.9 Å². The van der Waals surface area contributed by atoms with E-state index in [2.05, 4.69) is 16.0 Å². The van der Waals surface area contributed by atoms with Crippen LogP contribution in [-0.4, -0.2) is 38.8 Å². The van der Waals surface area contributed by atoms with Crippen LogP contribution in [0.2, 0.25) is 5.02 Å². The summed E-state index contributed by atoms with van der Waals surface area (Å²) < 4.78 is 0. The molecule has 3 heterocycles. The number of carbonyl (C=O) groups excluding carboxylic acids is 1. The molecule has 0 radical (unpaired) electrons. The molecule has 0 N–H and O–H groups in total. The SMILES string of the molecule is Cc1nc2ccc(C(=O)N3CCC[C@@H](c4cccc(-c5cccc(Cl)c5)n4)C3)cc2nc1C. The molecule has 0 unspecified atom stereocenters. The molecule has 2 aromatic heterocycles. The minimum atomic E-state index is 0.0348. The maximum Gasteiger partial charge on any atom is 0.253 e. The summed E-state index contributed by atoms with van der Waals surface area (Å²) in [5.41, 5.74) is 6.93. The Labute approximate surface area is 198 Å². The number of nitrogens with zero attached hydrogens (tertiary/aromatic N) is 4. The molecule has 1 aliphatic rings. The minimum Gasteiger partial charge on any atom is -0.338 e. The van der Waals surface area contributed by atoms with Gasteiger partial charge in [-0.3, -0.25) is 9.78 Å². The second-order valence-electron chi connectivity index (χ2n) is 8.65. The number of hydrogen-bond donors (Lipinski definition) is 0. The second kappa shape index (κ2) is 8.91. The quantitative estimate of drug-likeness (QED) is 0.380. The first-order valence-electron chi connectivity index (χ1n) is 11.2. The number of likely N-dealkylation sites (tertiary alicyclic amines) is 1. The molecule has 1 saturated heterocycles. The number of carbonyl (C=O) groups is 1. The molecule has 1 fully saturated rings. The molecule has 2 aromatic carbocycles. The molecule has 0 bridgehead atoms. The lowest BCUT2D eigenvalue weighted by Crippen LogP contribution is -2.39. The summed E-state index contributed by atoms with van der Waals surface area (Å²) in [6.07, 6.45) is 1.96. The van der Waals surface area contributed by atoms with Crippen LogP contribution >= 0.6 is 11.6 Å². The first kappa shape index (κ1) is 21.5. The Kier molecular flexibility index (Phi) is 5.81. The predicted molar refractivity (Wildman–Crippen MR) is 132 cm³/mol. The number of aromatic nitrogens is 3. The van der Waals surface area contributed by atoms with E-state index in [1.165, 1.54) is 0 Å². The van der Waals surface area contributed by atoms with Gasteiger partial charge in [-0.2, -0.15) is 0 Å². The lowest BCUT2D eigenvalue weighted by atomic mass is 9.93. The molecule has 166 valence electrons. The summed E-state index contributed by atoms with van der Waals surface area (Å²) >= 11 is 6.17. The van der Waals surface area contributed by atoms with Gasteiger partial charge in [-0.15, -0.1) is 0 Å². The van der Waals surface area contributed by atoms with Gasteiger partial charge in [-0.25, -0.2) is 9.97 Å². The van der Waals surface area contributed by atoms with Crippen LogP contribution in [0, 0.1) is 13.8 Å². The van der Waals surface area contributed by atoms with Crippen LogP contribution in [0.25, 0.3) is 22.3 Å². The fourth-order valence-electron chi connectivity index (χ4n) is 4.44. The smallest absolute Gasteiger partial charge is 0.253 e. The first-order chi connectivity index (χ1) is 16.0. The summed E-state index contributed by atoms with van der Waals surface area (Å²) in [7, 11) is 0. The molecule has 0 aliphatic carbocycles. The highest BCUT2D eigenvalue weighted by molar-refractivity contribution is 6.30. The average molecular weight is 457 g/mol. The zero-order chi connectivity index (χ0) is 22.9. The van der Waals surface area contributed by atoms with Gasteiger partial charge in [0.15, 0.2) is 0 Å². The highest BCUT2D eigenvalue weighted by Gasteiger charge is 2.27. The standard InChI is InChI=1S/C27H25ClN4O/c1-17-18(2)30-26-15-20(11-12-25(26)29-17)27(33)32-13-5-7-21(16-32)24-10-4-9-23(31-24)19-6-3-8-22(28)14-19/h3-4,6,8-12,14-15,21H,5,7,13,16H2,1-2H3/t21-/m1/s1. The summed E-state index contributed by atoms with van der Waals surface area (Å²) in [6, 6.07) is 19.4. The molecule has 5 rings (SSSR count). The average Bonchev–Trinajstić information content (AvgIpc) is 2.84. The van der Waals surface area contributed by atoms with Crippen LogP contribution in [0.4, 0.5) is 0 Å². The Bertz CT molecular complexity index is 1350. The Balaban J connectivity index is 1.38. The Hall–Kier alpha value is -3.31. The van der Waals surface area contributed by atoms with Crippen molar-refractivity contribution in [2.24, 2.45) is 0 Å². The van der Waals surface area contributed by atoms with Gasteiger partial charge >= 0.3 is 0 Å². The molecule has 1 atom stereocenters. The van der Waals surface area contributed by atoms with Gasteiger partial charge < -0.3 is 4.90 Å². The number of benzene rings is 2. The zero-order valence-corrected chi connectivity index (χ0v) is 19.5. The lowest BCUT2D eigenvalue weighted by Gasteiger charge is -2.32. The summed E-state index contributed by atoms with van der Waals surface area (Å²) in [5.74, 6) is 0.236. The van der Waals surface area contributed by atoms with E-state index in [-0.39, 0.29) is 11.8 Å². The number of aryl methyl sites for hydroxylation is 2. The van der Waals surface area contributed by atoms with Gasteiger partial charge in [-0.1, -0.05) is 29.8 Å². The molecule has 4 aromatic rings. The van der Waals surface area contributed by atoms with Crippen LogP contribution < -0.4 is 0 Å². The van der Waals surface area contributed by atoms with Gasteiger partial charge in [0.05, 0.1) is 28.1 Å². The number of amides is 1. The number of pyridine rings is 1. The highest BCUT2D eigenvalue weighted by atomic mass is 35.5. The van der Waals surface area contributed by atoms with Crippen LogP contribution in [0.5, 0.6) is 0 Å². The topological polar surface area (TPSA) is 59.0 Å². The van der Waals surface area contributed by atoms with E-state index in [9.17, 15) is 4.79 Å². The largest absolute Gasteiger partial charge is 0.338 e. The van der Waals surface area contributed by atoms with Crippen LogP contribution in [0.1, 0.15) is 46.2 Å². The number of rotatable bonds is 3. The van der Waals surface area contributed by atoms with Crippen molar-refractivity contribution in [2.45, 2.75) is 32.6 Å². The fraction of sp³-hybridized carbons (Fsp3) is 0.259. The van der Waals surface area contributed by atoms with E-state index in [1.54, 1.807) is 0 Å². The third-order valence-electron chi connectivity index (χ3n) is 6.34. The Morgan fingerprint density at radius 3 is 2.55 bits per heavy atom. The van der Waals surface area contributed by atoms with Crippen molar-refractivity contribution in [3.8, 4) is 11.3 Å². The molecule has 1 aliphatic heterocycles. The van der Waals surface area contributed by atoms with Crippen LogP contribution in [-0.2, 0) is 0 Å². The van der Waals surface area contributed by atoms with Crippen molar-refractivity contribution >= 4 is 28.5 Å². The van der Waals surface area contributed by atoms with E-state index >= 15 is 0 Å². The van der Waals surface area contributed by atoms with Crippen molar-refractivity contribution in [3.05, 3.63) is 88.3 Å². The minimum absolute atomic E-state index is 0.0348. The zero-order valence-electron chi connectivity index (χ0n) is 18.8. The van der Waals surface area contributed by atoms with E-state index in [0.717, 1.165) is 58.8 Å². The molecule has 33 heavy (non-hydrogen) atoms. The fourth-order valence-corrected chi connectivity index (χ4v) is 4.63. The van der Waals surface area contributed by atoms with Crippen LogP contribution in [0.3, 0.4) is 0 Å². The maximum absolute atomic E-state index is 13.3. The molecule has 0 saturated carbocycles. The summed E-state index contributed by atoms with van der Waals surface area (Å²) in [6.45, 7) is 5.29. The van der Waals surface area contributed by atoms with Gasteiger partial charge in [0.1, 0.15) is 0 Å². The number of fused-ring (bicyclic) bond motifs is 1. The van der Waals surface area contributed by atoms with Gasteiger partial charge in [0.25, 0.3) is 5.91 Å². The van der Waals surface area contributed by atoms with Gasteiger partial charge in [0.2, 0.25) is 0 Å². The van der Waals surface area contributed by atoms with Crippen molar-refractivity contribution in [2.75, 3.05) is 13.1 Å². The van der Waals surface area contributed by atoms with Crippen molar-refractivity contribution < 1.29 is 4.79 Å². The number of piperidine rings is 1. The molecule has 5 nitrogen and oxygen atoms in total. The van der Waals surface area contributed by atoms with Gasteiger partial charge in [-0.05, 0) is 69.2 Å². The number of hydrogen-bond acceptors (Lipinski definition) is 4. The molecule has 1 amide bonds. The molecule has 0 spiro atoms. The summed E-state index contributed by atoms with van der Waals surface area (Å²) in [4.78, 5) is 29.4. The molecular formula is C27H25ClN4O. The van der Waals surface area contributed by atoms with E-state index in [4.69, 9.17) is 16.6 Å². The normalized spacial score (nSPS) is 16.2. The van der Waals surface area contributed by atoms with E-state index < -0.39 is 0 Å². The van der Waals surface area contributed by atoms with E-state index in [0.29, 0.717) is 17.1 Å². The van der Waals surface area contributed by atoms with Crippen molar-refractivity contribution in [1.29, 1.82) is 0 Å². The second-order valence-corrected chi connectivity index (χ2v) is 9.08. The number of halogens is 1.